The van der Waals surface area contributed by atoms with E-state index in [4.69, 9.17) is 4.74 Å². The smallest absolute Gasteiger partial charge is 0.135 e. The van der Waals surface area contributed by atoms with E-state index >= 15 is 0 Å². The molecule has 3 aromatic carbocycles. The maximum atomic E-state index is 6.22. The predicted octanol–water partition coefficient (Wildman–Crippen LogP) is 5.79. The van der Waals surface area contributed by atoms with Gasteiger partial charge < -0.3 is 9.64 Å². The van der Waals surface area contributed by atoms with Crippen molar-refractivity contribution in [2.45, 2.75) is 12.8 Å². The monoisotopic (exact) mass is 339 g/mol. The molecule has 0 aromatic heterocycles. The first kappa shape index (κ1) is 15.3. The molecule has 128 valence electrons. The van der Waals surface area contributed by atoms with Gasteiger partial charge in [-0.3, -0.25) is 0 Å². The van der Waals surface area contributed by atoms with Gasteiger partial charge in [0, 0.05) is 29.9 Å². The zero-order valence-corrected chi connectivity index (χ0v) is 14.7. The van der Waals surface area contributed by atoms with E-state index in [2.05, 4.69) is 65.6 Å². The molecule has 0 fully saturated rings. The molecule has 5 rings (SSSR count). The second-order valence-corrected chi connectivity index (χ2v) is 6.96. The van der Waals surface area contributed by atoms with Crippen LogP contribution in [0, 0.1) is 0 Å². The highest BCUT2D eigenvalue weighted by Crippen LogP contribution is 2.39. The van der Waals surface area contributed by atoms with Crippen LogP contribution in [-0.2, 0) is 6.42 Å². The molecule has 0 bridgehead atoms. The third-order valence-electron chi connectivity index (χ3n) is 5.27. The lowest BCUT2D eigenvalue weighted by Crippen LogP contribution is -2.30. The Hall–Kier alpha value is -3.00. The van der Waals surface area contributed by atoms with E-state index < -0.39 is 0 Å². The number of fused-ring (bicyclic) bond motifs is 3. The van der Waals surface area contributed by atoms with Crippen LogP contribution in [0.5, 0.6) is 11.5 Å². The fraction of sp³-hybridized carbons (Fsp3) is 0.167. The minimum absolute atomic E-state index is 0.895. The molecule has 0 unspecified atom stereocenters. The van der Waals surface area contributed by atoms with Crippen LogP contribution in [0.3, 0.4) is 0 Å². The average molecular weight is 339 g/mol. The van der Waals surface area contributed by atoms with Gasteiger partial charge in [-0.05, 0) is 48.3 Å². The summed E-state index contributed by atoms with van der Waals surface area (Å²) in [5.41, 5.74) is 6.46. The molecule has 0 saturated heterocycles. The number of anilines is 1. The van der Waals surface area contributed by atoms with Crippen molar-refractivity contribution in [1.29, 1.82) is 0 Å². The highest BCUT2D eigenvalue weighted by molar-refractivity contribution is 5.89. The minimum Gasteiger partial charge on any atom is -0.456 e. The van der Waals surface area contributed by atoms with Crippen molar-refractivity contribution in [2.24, 2.45) is 0 Å². The summed E-state index contributed by atoms with van der Waals surface area (Å²) >= 11 is 0. The first-order valence-corrected chi connectivity index (χ1v) is 9.28. The molecule has 0 atom stereocenters. The normalized spacial score (nSPS) is 15.1. The number of para-hydroxylation sites is 3. The largest absolute Gasteiger partial charge is 0.456 e. The summed E-state index contributed by atoms with van der Waals surface area (Å²) in [7, 11) is 0. The highest BCUT2D eigenvalue weighted by Gasteiger charge is 2.21. The quantitative estimate of drug-likeness (QED) is 0.586. The van der Waals surface area contributed by atoms with Gasteiger partial charge in [0.25, 0.3) is 0 Å². The summed E-state index contributed by atoms with van der Waals surface area (Å²) in [5.74, 6) is 1.86. The van der Waals surface area contributed by atoms with E-state index in [0.29, 0.717) is 0 Å². The summed E-state index contributed by atoms with van der Waals surface area (Å²) in [6, 6.07) is 25.4. The van der Waals surface area contributed by atoms with Gasteiger partial charge in [0.15, 0.2) is 0 Å². The molecule has 2 heterocycles. The standard InChI is InChI=1S/C24H21NO/c1-4-12-22-18(8-1)10-7-15-25(22)17-20-16-19-9-2-5-13-23(19)26-24-14-6-3-11-21(20)24/h1-6,8-9,11-14,16H,7,10,15,17H2. The predicted molar refractivity (Wildman–Crippen MR) is 108 cm³/mol. The number of hydrogen-bond donors (Lipinski definition) is 0. The van der Waals surface area contributed by atoms with E-state index in [1.165, 1.54) is 35.2 Å². The molecule has 0 amide bonds. The Bertz CT molecular complexity index is 989. The summed E-state index contributed by atoms with van der Waals surface area (Å²) < 4.78 is 6.22. The Balaban J connectivity index is 1.59. The number of aryl methyl sites for hydroxylation is 1. The molecule has 2 nitrogen and oxygen atoms in total. The number of benzene rings is 3. The van der Waals surface area contributed by atoms with Crippen LogP contribution in [0.2, 0.25) is 0 Å². The van der Waals surface area contributed by atoms with Crippen molar-refractivity contribution in [2.75, 3.05) is 18.0 Å². The van der Waals surface area contributed by atoms with E-state index in [1.54, 1.807) is 0 Å². The lowest BCUT2D eigenvalue weighted by Gasteiger charge is -2.32. The Morgan fingerprint density at radius 3 is 2.54 bits per heavy atom. The van der Waals surface area contributed by atoms with E-state index in [9.17, 15) is 0 Å². The van der Waals surface area contributed by atoms with Gasteiger partial charge in [-0.2, -0.15) is 0 Å². The van der Waals surface area contributed by atoms with E-state index in [1.807, 2.05) is 18.2 Å². The lowest BCUT2D eigenvalue weighted by molar-refractivity contribution is 0.481. The topological polar surface area (TPSA) is 12.5 Å². The van der Waals surface area contributed by atoms with Crippen LogP contribution < -0.4 is 9.64 Å². The fourth-order valence-corrected chi connectivity index (χ4v) is 4.01. The van der Waals surface area contributed by atoms with E-state index in [0.717, 1.165) is 30.2 Å². The molecular weight excluding hydrogens is 318 g/mol. The van der Waals surface area contributed by atoms with Gasteiger partial charge in [0.05, 0.1) is 0 Å². The fourth-order valence-electron chi connectivity index (χ4n) is 4.01. The Morgan fingerprint density at radius 1 is 0.808 bits per heavy atom. The van der Waals surface area contributed by atoms with Crippen molar-refractivity contribution in [3.63, 3.8) is 0 Å². The van der Waals surface area contributed by atoms with E-state index in [-0.39, 0.29) is 0 Å². The van der Waals surface area contributed by atoms with Crippen molar-refractivity contribution >= 4 is 17.3 Å². The van der Waals surface area contributed by atoms with Crippen LogP contribution in [0.1, 0.15) is 23.1 Å². The second-order valence-electron chi connectivity index (χ2n) is 6.96. The molecule has 0 radical (unpaired) electrons. The van der Waals surface area contributed by atoms with Gasteiger partial charge >= 0.3 is 0 Å². The second kappa shape index (κ2) is 6.38. The summed E-state index contributed by atoms with van der Waals surface area (Å²) in [5, 5.41) is 0. The van der Waals surface area contributed by atoms with Crippen molar-refractivity contribution in [3.8, 4) is 11.5 Å². The zero-order chi connectivity index (χ0) is 17.3. The van der Waals surface area contributed by atoms with Gasteiger partial charge in [-0.15, -0.1) is 0 Å². The summed E-state index contributed by atoms with van der Waals surface area (Å²) in [6.07, 6.45) is 4.67. The first-order chi connectivity index (χ1) is 12.9. The van der Waals surface area contributed by atoms with Crippen molar-refractivity contribution in [3.05, 3.63) is 89.5 Å². The third kappa shape index (κ3) is 2.68. The molecule has 0 saturated carbocycles. The average Bonchev–Trinajstić information content (AvgIpc) is 2.85. The van der Waals surface area contributed by atoms with Gasteiger partial charge in [-0.1, -0.05) is 54.6 Å². The first-order valence-electron chi connectivity index (χ1n) is 9.28. The minimum atomic E-state index is 0.895. The van der Waals surface area contributed by atoms with Crippen molar-refractivity contribution in [1.82, 2.24) is 0 Å². The maximum Gasteiger partial charge on any atom is 0.135 e. The van der Waals surface area contributed by atoms with Crippen LogP contribution >= 0.6 is 0 Å². The number of ether oxygens (including phenoxy) is 1. The van der Waals surface area contributed by atoms with Crippen LogP contribution in [0.4, 0.5) is 5.69 Å². The number of rotatable bonds is 2. The van der Waals surface area contributed by atoms with Crippen molar-refractivity contribution < 1.29 is 4.74 Å². The zero-order valence-electron chi connectivity index (χ0n) is 14.7. The SMILES string of the molecule is C1=C(CN2CCCc3ccccc32)c2ccccc2Oc2ccccc21. The van der Waals surface area contributed by atoms with Crippen LogP contribution in [0.25, 0.3) is 11.6 Å². The maximum absolute atomic E-state index is 6.22. The molecule has 0 spiro atoms. The summed E-state index contributed by atoms with van der Waals surface area (Å²) in [6.45, 7) is 1.99. The molecule has 2 heteroatoms. The molecule has 0 N–H and O–H groups in total. The Labute approximate surface area is 154 Å². The van der Waals surface area contributed by atoms with Crippen LogP contribution in [0.15, 0.2) is 72.8 Å². The van der Waals surface area contributed by atoms with Gasteiger partial charge in [0.2, 0.25) is 0 Å². The molecule has 3 aromatic rings. The molecule has 0 aliphatic carbocycles. The lowest BCUT2D eigenvalue weighted by atomic mass is 9.98. The number of hydrogen-bond acceptors (Lipinski definition) is 2. The van der Waals surface area contributed by atoms with Gasteiger partial charge in [-0.25, -0.2) is 0 Å². The van der Waals surface area contributed by atoms with Gasteiger partial charge in [0.1, 0.15) is 11.5 Å². The van der Waals surface area contributed by atoms with Crippen LogP contribution in [-0.4, -0.2) is 13.1 Å². The molecule has 2 aliphatic heterocycles. The third-order valence-corrected chi connectivity index (χ3v) is 5.27. The summed E-state index contributed by atoms with van der Waals surface area (Å²) in [4.78, 5) is 2.51. The molecule has 26 heavy (non-hydrogen) atoms. The highest BCUT2D eigenvalue weighted by atomic mass is 16.5. The Morgan fingerprint density at radius 2 is 1.58 bits per heavy atom. The molecule has 2 aliphatic rings. The number of nitrogens with zero attached hydrogens (tertiary/aromatic N) is 1. The Kier molecular flexibility index (Phi) is 3.75. The molecular formula is C24H21NO.